The molecule has 5 nitrogen and oxygen atoms in total. The lowest BCUT2D eigenvalue weighted by Crippen LogP contribution is -2.47. The molecule has 2 heterocycles. The van der Waals surface area contributed by atoms with Crippen LogP contribution in [0.2, 0.25) is 0 Å². The molecule has 1 atom stereocenters. The van der Waals surface area contributed by atoms with Crippen LogP contribution in [0.3, 0.4) is 0 Å². The first kappa shape index (κ1) is 21.5. The molecule has 3 rings (SSSR count). The van der Waals surface area contributed by atoms with E-state index in [-0.39, 0.29) is 24.4 Å². The van der Waals surface area contributed by atoms with Crippen LogP contribution in [-0.2, 0) is 20.7 Å². The second kappa shape index (κ2) is 10.6. The summed E-state index contributed by atoms with van der Waals surface area (Å²) in [5.41, 5.74) is 2.32. The summed E-state index contributed by atoms with van der Waals surface area (Å²) in [6, 6.07) is 12.2. The van der Waals surface area contributed by atoms with Gasteiger partial charge >= 0.3 is 0 Å². The molecule has 1 unspecified atom stereocenters. The standard InChI is InChI=1S/C23H30N2O3S/c1-3-4-10-21(26)24(14-15-28-2)17-22(27)25-13-11-20-19(12-16-29-20)23(25)18-8-6-5-7-9-18/h5-9,12,16,23H,3-4,10-11,13-15,17H2,1-2H3. The molecule has 0 saturated carbocycles. The van der Waals surface area contributed by atoms with Crippen molar-refractivity contribution in [3.8, 4) is 0 Å². The zero-order chi connectivity index (χ0) is 20.6. The van der Waals surface area contributed by atoms with Crippen molar-refractivity contribution in [2.45, 2.75) is 38.6 Å². The molecule has 156 valence electrons. The zero-order valence-corrected chi connectivity index (χ0v) is 18.1. The van der Waals surface area contributed by atoms with Gasteiger partial charge in [-0.25, -0.2) is 0 Å². The Morgan fingerprint density at radius 2 is 2.03 bits per heavy atom. The summed E-state index contributed by atoms with van der Waals surface area (Å²) in [4.78, 5) is 30.9. The van der Waals surface area contributed by atoms with E-state index in [2.05, 4.69) is 30.5 Å². The van der Waals surface area contributed by atoms with E-state index in [4.69, 9.17) is 4.74 Å². The predicted molar refractivity (Wildman–Crippen MR) is 116 cm³/mol. The number of nitrogens with zero attached hydrogens (tertiary/aromatic N) is 2. The second-order valence-corrected chi connectivity index (χ2v) is 8.36. The minimum absolute atomic E-state index is 0.00310. The Labute approximate surface area is 177 Å². The fraction of sp³-hybridized carbons (Fsp3) is 0.478. The van der Waals surface area contributed by atoms with Crippen molar-refractivity contribution in [2.75, 3.05) is 33.4 Å². The number of carbonyl (C=O) groups is 2. The van der Waals surface area contributed by atoms with Gasteiger partial charge in [0.25, 0.3) is 0 Å². The van der Waals surface area contributed by atoms with Gasteiger partial charge in [0, 0.05) is 31.5 Å². The van der Waals surface area contributed by atoms with Crippen molar-refractivity contribution in [1.82, 2.24) is 9.80 Å². The molecule has 1 aromatic carbocycles. The number of thiophene rings is 1. The highest BCUT2D eigenvalue weighted by molar-refractivity contribution is 7.10. The second-order valence-electron chi connectivity index (χ2n) is 7.36. The van der Waals surface area contributed by atoms with Crippen LogP contribution in [0, 0.1) is 0 Å². The topological polar surface area (TPSA) is 49.9 Å². The lowest BCUT2D eigenvalue weighted by Gasteiger charge is -2.37. The highest BCUT2D eigenvalue weighted by Gasteiger charge is 2.33. The van der Waals surface area contributed by atoms with E-state index < -0.39 is 0 Å². The monoisotopic (exact) mass is 414 g/mol. The highest BCUT2D eigenvalue weighted by Crippen LogP contribution is 2.37. The lowest BCUT2D eigenvalue weighted by atomic mass is 9.93. The third kappa shape index (κ3) is 5.25. The molecule has 0 aliphatic carbocycles. The third-order valence-corrected chi connectivity index (χ3v) is 6.39. The first-order chi connectivity index (χ1) is 14.2. The zero-order valence-electron chi connectivity index (χ0n) is 17.3. The third-order valence-electron chi connectivity index (χ3n) is 5.39. The summed E-state index contributed by atoms with van der Waals surface area (Å²) in [5, 5.41) is 2.10. The molecule has 6 heteroatoms. The first-order valence-corrected chi connectivity index (χ1v) is 11.2. The van der Waals surface area contributed by atoms with Gasteiger partial charge in [0.15, 0.2) is 0 Å². The maximum absolute atomic E-state index is 13.4. The van der Waals surface area contributed by atoms with Gasteiger partial charge in [-0.05, 0) is 35.4 Å². The molecule has 0 bridgehead atoms. The van der Waals surface area contributed by atoms with Gasteiger partial charge in [0.1, 0.15) is 0 Å². The lowest BCUT2D eigenvalue weighted by molar-refractivity contribution is -0.142. The van der Waals surface area contributed by atoms with Crippen molar-refractivity contribution < 1.29 is 14.3 Å². The molecule has 0 saturated heterocycles. The Morgan fingerprint density at radius 3 is 2.76 bits per heavy atom. The summed E-state index contributed by atoms with van der Waals surface area (Å²) < 4.78 is 5.16. The van der Waals surface area contributed by atoms with Crippen LogP contribution in [0.25, 0.3) is 0 Å². The van der Waals surface area contributed by atoms with Crippen LogP contribution in [0.1, 0.15) is 48.2 Å². The van der Waals surface area contributed by atoms with Crippen LogP contribution in [0.15, 0.2) is 41.8 Å². The van der Waals surface area contributed by atoms with E-state index in [1.807, 2.05) is 23.1 Å². The van der Waals surface area contributed by atoms with Gasteiger partial charge in [0.2, 0.25) is 11.8 Å². The Balaban J connectivity index is 1.81. The van der Waals surface area contributed by atoms with Crippen LogP contribution >= 0.6 is 11.3 Å². The predicted octanol–water partition coefficient (Wildman–Crippen LogP) is 3.89. The summed E-state index contributed by atoms with van der Waals surface area (Å²) in [6.45, 7) is 3.72. The molecule has 1 aliphatic heterocycles. The van der Waals surface area contributed by atoms with Gasteiger partial charge in [-0.3, -0.25) is 9.59 Å². The maximum Gasteiger partial charge on any atom is 0.242 e. The number of unbranched alkanes of at least 4 members (excludes halogenated alkanes) is 1. The number of methoxy groups -OCH3 is 1. The molecule has 2 aromatic rings. The fourth-order valence-electron chi connectivity index (χ4n) is 3.81. The molecule has 0 radical (unpaired) electrons. The quantitative estimate of drug-likeness (QED) is 0.626. The van der Waals surface area contributed by atoms with E-state index in [1.54, 1.807) is 23.3 Å². The Bertz CT molecular complexity index is 805. The van der Waals surface area contributed by atoms with E-state index in [1.165, 1.54) is 10.4 Å². The number of benzene rings is 1. The Morgan fingerprint density at radius 1 is 1.24 bits per heavy atom. The average Bonchev–Trinajstić information content (AvgIpc) is 3.23. The van der Waals surface area contributed by atoms with Gasteiger partial charge in [-0.2, -0.15) is 0 Å². The average molecular weight is 415 g/mol. The number of ether oxygens (including phenoxy) is 1. The number of fused-ring (bicyclic) bond motifs is 1. The molecular weight excluding hydrogens is 384 g/mol. The Kier molecular flexibility index (Phi) is 7.83. The van der Waals surface area contributed by atoms with Crippen molar-refractivity contribution in [3.05, 3.63) is 57.8 Å². The molecule has 0 fully saturated rings. The van der Waals surface area contributed by atoms with Crippen molar-refractivity contribution >= 4 is 23.2 Å². The summed E-state index contributed by atoms with van der Waals surface area (Å²) in [6.07, 6.45) is 3.14. The summed E-state index contributed by atoms with van der Waals surface area (Å²) in [5.74, 6) is 0.0263. The number of amides is 2. The van der Waals surface area contributed by atoms with E-state index in [0.717, 1.165) is 24.8 Å². The molecular formula is C23H30N2O3S. The minimum atomic E-state index is -0.0891. The number of carbonyl (C=O) groups excluding carboxylic acids is 2. The maximum atomic E-state index is 13.4. The molecule has 2 amide bonds. The van der Waals surface area contributed by atoms with E-state index in [0.29, 0.717) is 26.1 Å². The highest BCUT2D eigenvalue weighted by atomic mass is 32.1. The van der Waals surface area contributed by atoms with Gasteiger partial charge in [0.05, 0.1) is 19.2 Å². The molecule has 29 heavy (non-hydrogen) atoms. The van der Waals surface area contributed by atoms with Gasteiger partial charge in [-0.15, -0.1) is 11.3 Å². The minimum Gasteiger partial charge on any atom is -0.383 e. The van der Waals surface area contributed by atoms with Gasteiger partial charge < -0.3 is 14.5 Å². The summed E-state index contributed by atoms with van der Waals surface area (Å²) in [7, 11) is 1.62. The molecule has 0 N–H and O–H groups in total. The van der Waals surface area contributed by atoms with Gasteiger partial charge in [-0.1, -0.05) is 43.7 Å². The molecule has 1 aliphatic rings. The molecule has 0 spiro atoms. The van der Waals surface area contributed by atoms with Crippen LogP contribution in [-0.4, -0.2) is 55.0 Å². The Hall–Kier alpha value is -2.18. The van der Waals surface area contributed by atoms with Crippen molar-refractivity contribution in [1.29, 1.82) is 0 Å². The van der Waals surface area contributed by atoms with Crippen LogP contribution in [0.5, 0.6) is 0 Å². The fourth-order valence-corrected chi connectivity index (χ4v) is 4.72. The SMILES string of the molecule is CCCCC(=O)N(CCOC)CC(=O)N1CCc2sccc2C1c1ccccc1. The number of rotatable bonds is 9. The number of hydrogen-bond acceptors (Lipinski definition) is 4. The van der Waals surface area contributed by atoms with Crippen LogP contribution in [0.4, 0.5) is 0 Å². The van der Waals surface area contributed by atoms with Crippen molar-refractivity contribution in [2.24, 2.45) is 0 Å². The smallest absolute Gasteiger partial charge is 0.242 e. The van der Waals surface area contributed by atoms with Crippen molar-refractivity contribution in [3.63, 3.8) is 0 Å². The normalized spacial score (nSPS) is 15.8. The largest absolute Gasteiger partial charge is 0.383 e. The van der Waals surface area contributed by atoms with Crippen LogP contribution < -0.4 is 0 Å². The first-order valence-electron chi connectivity index (χ1n) is 10.3. The number of hydrogen-bond donors (Lipinski definition) is 0. The van der Waals surface area contributed by atoms with E-state index >= 15 is 0 Å². The summed E-state index contributed by atoms with van der Waals surface area (Å²) >= 11 is 1.76. The van der Waals surface area contributed by atoms with E-state index in [9.17, 15) is 9.59 Å². The molecule has 1 aromatic heterocycles.